The van der Waals surface area contributed by atoms with E-state index in [2.05, 4.69) is 24.7 Å². The van der Waals surface area contributed by atoms with Crippen molar-refractivity contribution in [2.75, 3.05) is 32.1 Å². The fraction of sp³-hybridized carbons (Fsp3) is 0.353. The van der Waals surface area contributed by atoms with Gasteiger partial charge in [-0.2, -0.15) is 13.3 Å². The van der Waals surface area contributed by atoms with Crippen LogP contribution in [0.3, 0.4) is 0 Å². The Kier molecular flexibility index (Phi) is 9.90. The van der Waals surface area contributed by atoms with Crippen LogP contribution in [0.4, 0.5) is 11.4 Å². The minimum absolute atomic E-state index is 0.0103. The molecule has 3 aromatic carbocycles. The Morgan fingerprint density at radius 2 is 1.76 bits per heavy atom. The zero-order valence-electron chi connectivity index (χ0n) is 26.5. The molecule has 1 aromatic heterocycles. The van der Waals surface area contributed by atoms with Crippen LogP contribution >= 0.6 is 11.7 Å². The van der Waals surface area contributed by atoms with Crippen molar-refractivity contribution in [1.29, 1.82) is 0 Å². The summed E-state index contributed by atoms with van der Waals surface area (Å²) in [7, 11) is -0.672. The van der Waals surface area contributed by atoms with E-state index in [0.717, 1.165) is 64.1 Å². The smallest absolute Gasteiger partial charge is 0.220 e. The van der Waals surface area contributed by atoms with Gasteiger partial charge in [-0.15, -0.1) is 0 Å². The van der Waals surface area contributed by atoms with E-state index in [-0.39, 0.29) is 16.6 Å². The Labute approximate surface area is 274 Å². The Balaban J connectivity index is 1.30. The highest BCUT2D eigenvalue weighted by Crippen LogP contribution is 2.41. The molecule has 242 valence electrons. The molecule has 2 heterocycles. The van der Waals surface area contributed by atoms with Crippen molar-refractivity contribution in [3.05, 3.63) is 77.4 Å². The predicted molar refractivity (Wildman–Crippen MR) is 181 cm³/mol. The first-order valence-corrected chi connectivity index (χ1v) is 17.4. The molecule has 0 radical (unpaired) electrons. The average molecular weight is 662 g/mol. The molecule has 1 aliphatic rings. The molecule has 5 rings (SSSR count). The van der Waals surface area contributed by atoms with Crippen LogP contribution in [-0.2, 0) is 26.7 Å². The van der Waals surface area contributed by atoms with Crippen LogP contribution in [0.15, 0.2) is 65.6 Å². The fourth-order valence-corrected chi connectivity index (χ4v) is 6.99. The summed E-state index contributed by atoms with van der Waals surface area (Å²) >= 11 is 1.17. The summed E-state index contributed by atoms with van der Waals surface area (Å²) in [5.41, 5.74) is 6.65. The molecule has 1 aliphatic heterocycles. The Hall–Kier alpha value is -4.13. The molecule has 1 amide bonds. The number of benzene rings is 3. The van der Waals surface area contributed by atoms with Gasteiger partial charge in [-0.25, -0.2) is 8.42 Å². The molecular weight excluding hydrogens is 623 g/mol. The number of allylic oxidation sites excluding steroid dienone is 1. The lowest BCUT2D eigenvalue weighted by molar-refractivity contribution is -0.438. The molecular formula is C34H39N5O5S2. The molecule has 10 nitrogen and oxygen atoms in total. The average Bonchev–Trinajstić information content (AvgIpc) is 3.57. The number of nitrogens with one attached hydrogen (secondary N) is 1. The van der Waals surface area contributed by atoms with E-state index in [9.17, 15) is 22.9 Å². The number of phenolic OH excluding ortho intramolecular Hbond substituents is 1. The zero-order valence-corrected chi connectivity index (χ0v) is 28.1. The molecule has 12 heteroatoms. The molecule has 0 spiro atoms. The minimum Gasteiger partial charge on any atom is -0.744 e. The van der Waals surface area contributed by atoms with E-state index in [4.69, 9.17) is 0 Å². The Morgan fingerprint density at radius 3 is 2.48 bits per heavy atom. The molecule has 0 bridgehead atoms. The standard InChI is InChI=1S/C34H39N5O5S2/c1-34(2)27-22-26(46(42,43)44)15-17-28(27)39(21-7-5-6-8-31(41)35-20-19-23-9-13-25(40)14-10-23)30(34)18-12-24-11-16-29(38(3)4)33-32(24)36-45-37-33/h9-18,22H,5-8,19-21H2,1-4H3,(H2-,35,40,41,42,43,44). The molecule has 0 fully saturated rings. The van der Waals surface area contributed by atoms with Crippen molar-refractivity contribution in [3.8, 4) is 5.75 Å². The monoisotopic (exact) mass is 661 g/mol. The second-order valence-electron chi connectivity index (χ2n) is 12.2. The minimum atomic E-state index is -4.61. The number of amides is 1. The van der Waals surface area contributed by atoms with Crippen molar-refractivity contribution in [3.63, 3.8) is 0 Å². The van der Waals surface area contributed by atoms with Crippen LogP contribution < -0.4 is 10.2 Å². The van der Waals surface area contributed by atoms with E-state index in [1.807, 2.05) is 63.2 Å². The number of anilines is 1. The van der Waals surface area contributed by atoms with Gasteiger partial charge in [0.1, 0.15) is 33.4 Å². The van der Waals surface area contributed by atoms with Gasteiger partial charge >= 0.3 is 0 Å². The topological polar surface area (TPSA) is 139 Å². The molecule has 0 saturated heterocycles. The number of unbranched alkanes of at least 4 members (excludes halogenated alkanes) is 2. The second-order valence-corrected chi connectivity index (χ2v) is 14.1. The second kappa shape index (κ2) is 13.7. The molecule has 4 aromatic rings. The number of hydrogen-bond donors (Lipinski definition) is 2. The summed E-state index contributed by atoms with van der Waals surface area (Å²) in [4.78, 5) is 14.2. The highest BCUT2D eigenvalue weighted by atomic mass is 32.2. The van der Waals surface area contributed by atoms with Crippen molar-refractivity contribution in [2.24, 2.45) is 0 Å². The lowest BCUT2D eigenvalue weighted by Crippen LogP contribution is -2.28. The summed E-state index contributed by atoms with van der Waals surface area (Å²) in [6.07, 6.45) is 7.58. The van der Waals surface area contributed by atoms with Crippen LogP contribution in [0.1, 0.15) is 56.2 Å². The number of fused-ring (bicyclic) bond motifs is 2. The molecule has 0 unspecified atom stereocenters. The van der Waals surface area contributed by atoms with Crippen LogP contribution in [0, 0.1) is 0 Å². The van der Waals surface area contributed by atoms with E-state index < -0.39 is 15.5 Å². The Bertz CT molecular complexity index is 1910. The fourth-order valence-electron chi connectivity index (χ4n) is 5.92. The first-order valence-electron chi connectivity index (χ1n) is 15.3. The van der Waals surface area contributed by atoms with Gasteiger partial charge in [0.25, 0.3) is 0 Å². The van der Waals surface area contributed by atoms with E-state index in [1.54, 1.807) is 18.2 Å². The summed E-state index contributed by atoms with van der Waals surface area (Å²) in [6, 6.07) is 15.6. The quantitative estimate of drug-likeness (QED) is 0.111. The van der Waals surface area contributed by atoms with Crippen molar-refractivity contribution in [1.82, 2.24) is 14.1 Å². The first-order chi connectivity index (χ1) is 21.9. The summed E-state index contributed by atoms with van der Waals surface area (Å²) in [6.45, 7) is 5.26. The highest BCUT2D eigenvalue weighted by molar-refractivity contribution is 7.85. The van der Waals surface area contributed by atoms with Gasteiger partial charge in [0, 0.05) is 56.8 Å². The zero-order chi connectivity index (χ0) is 33.1. The number of nitrogens with zero attached hydrogens (tertiary/aromatic N) is 4. The van der Waals surface area contributed by atoms with Crippen LogP contribution in [0.25, 0.3) is 17.1 Å². The molecule has 0 saturated carbocycles. The number of rotatable bonds is 13. The van der Waals surface area contributed by atoms with Crippen molar-refractivity contribution < 1.29 is 27.4 Å². The number of carbonyl (C=O) groups excluding carboxylic acids is 1. The van der Waals surface area contributed by atoms with Crippen LogP contribution in [0.5, 0.6) is 5.75 Å². The largest absolute Gasteiger partial charge is 0.744 e. The number of aromatic hydroxyl groups is 1. The number of phenols is 1. The first kappa shape index (κ1) is 33.2. The van der Waals surface area contributed by atoms with Crippen LogP contribution in [-0.4, -0.2) is 70.2 Å². The predicted octanol–water partition coefficient (Wildman–Crippen LogP) is 5.38. The lowest BCUT2D eigenvalue weighted by atomic mass is 9.81. The van der Waals surface area contributed by atoms with Crippen molar-refractivity contribution >= 4 is 61.9 Å². The Morgan fingerprint density at radius 1 is 1.02 bits per heavy atom. The number of hydrogen-bond acceptors (Lipinski definition) is 9. The van der Waals surface area contributed by atoms with Gasteiger partial charge in [0.2, 0.25) is 11.6 Å². The summed E-state index contributed by atoms with van der Waals surface area (Å²) in [5, 5.41) is 12.4. The SMILES string of the molecule is CN(C)c1ccc(/C=C/C2=[N+](CCCCCC(=O)NCCc3ccc(O)cc3)c3ccc(S(=O)(=O)[O-])cc3C2(C)C)c2nsnc12. The molecule has 46 heavy (non-hydrogen) atoms. The number of carbonyl (C=O) groups is 1. The third-order valence-corrected chi connectivity index (χ3v) is 9.80. The maximum atomic E-state index is 12.4. The maximum Gasteiger partial charge on any atom is 0.220 e. The molecule has 0 aliphatic carbocycles. The highest BCUT2D eigenvalue weighted by Gasteiger charge is 2.44. The van der Waals surface area contributed by atoms with Gasteiger partial charge in [0.15, 0.2) is 5.71 Å². The van der Waals surface area contributed by atoms with Gasteiger partial charge in [-0.3, -0.25) is 4.79 Å². The van der Waals surface area contributed by atoms with Gasteiger partial charge in [-0.05, 0) is 75.1 Å². The van der Waals surface area contributed by atoms with E-state index >= 15 is 0 Å². The summed E-state index contributed by atoms with van der Waals surface area (Å²) in [5.74, 6) is 0.232. The van der Waals surface area contributed by atoms with E-state index in [0.29, 0.717) is 25.9 Å². The van der Waals surface area contributed by atoms with Crippen LogP contribution in [0.2, 0.25) is 0 Å². The van der Waals surface area contributed by atoms with Crippen molar-refractivity contribution in [2.45, 2.75) is 56.3 Å². The van der Waals surface area contributed by atoms with Gasteiger partial charge in [0.05, 0.1) is 27.7 Å². The molecule has 0 atom stereocenters. The number of aromatic nitrogens is 2. The van der Waals surface area contributed by atoms with E-state index in [1.165, 1.54) is 23.9 Å². The summed E-state index contributed by atoms with van der Waals surface area (Å²) < 4.78 is 46.9. The third-order valence-electron chi connectivity index (χ3n) is 8.44. The van der Waals surface area contributed by atoms with Gasteiger partial charge in [-0.1, -0.05) is 18.2 Å². The lowest BCUT2D eigenvalue weighted by Gasteiger charge is -2.17. The normalized spacial score (nSPS) is 14.3. The maximum absolute atomic E-state index is 12.4. The third kappa shape index (κ3) is 7.30. The molecule has 2 N–H and O–H groups in total. The van der Waals surface area contributed by atoms with Gasteiger partial charge < -0.3 is 19.9 Å².